The van der Waals surface area contributed by atoms with E-state index in [0.717, 1.165) is 24.1 Å². The van der Waals surface area contributed by atoms with Gasteiger partial charge in [0.1, 0.15) is 0 Å². The van der Waals surface area contributed by atoms with Crippen molar-refractivity contribution in [1.82, 2.24) is 9.80 Å². The number of benzene rings is 1. The lowest BCUT2D eigenvalue weighted by Crippen LogP contribution is -2.67. The fraction of sp³-hybridized carbons (Fsp3) is 0.588. The van der Waals surface area contributed by atoms with Crippen LogP contribution in [0.2, 0.25) is 0 Å². The highest BCUT2D eigenvalue weighted by Crippen LogP contribution is 2.38. The topological polar surface area (TPSA) is 43.8 Å². The number of piperazine rings is 1. The highest BCUT2D eigenvalue weighted by molar-refractivity contribution is 9.10. The van der Waals surface area contributed by atoms with Crippen LogP contribution in [0.25, 0.3) is 0 Å². The smallest absolute Gasteiger partial charge is 0.407 e. The molecular weight excluding hydrogens is 344 g/mol. The quantitative estimate of drug-likeness (QED) is 0.855. The molecule has 1 heterocycles. The summed E-state index contributed by atoms with van der Waals surface area (Å²) >= 11 is 3.51. The molecule has 1 amide bonds. The normalized spacial score (nSPS) is 23.6. The van der Waals surface area contributed by atoms with E-state index < -0.39 is 11.6 Å². The molecule has 122 valence electrons. The summed E-state index contributed by atoms with van der Waals surface area (Å²) in [4.78, 5) is 15.6. The maximum absolute atomic E-state index is 11.6. The van der Waals surface area contributed by atoms with Crippen LogP contribution in [-0.4, -0.2) is 46.2 Å². The number of nitrogens with zero attached hydrogens (tertiary/aromatic N) is 2. The molecule has 1 aliphatic heterocycles. The summed E-state index contributed by atoms with van der Waals surface area (Å²) in [6.07, 6.45) is -0.820. The Kier molecular flexibility index (Phi) is 4.87. The second-order valence-electron chi connectivity index (χ2n) is 7.30. The number of hydrogen-bond acceptors (Lipinski definition) is 2. The minimum atomic E-state index is -0.820. The van der Waals surface area contributed by atoms with Gasteiger partial charge in [0.25, 0.3) is 0 Å². The average molecular weight is 369 g/mol. The van der Waals surface area contributed by atoms with Crippen LogP contribution in [0.15, 0.2) is 28.7 Å². The van der Waals surface area contributed by atoms with E-state index in [4.69, 9.17) is 0 Å². The number of carbonyl (C=O) groups is 1. The first-order valence-corrected chi connectivity index (χ1v) is 8.40. The number of rotatable bonds is 2. The van der Waals surface area contributed by atoms with Gasteiger partial charge in [0.15, 0.2) is 0 Å². The van der Waals surface area contributed by atoms with Crippen LogP contribution >= 0.6 is 15.9 Å². The molecule has 0 unspecified atom stereocenters. The maximum atomic E-state index is 11.6. The Morgan fingerprint density at radius 2 is 2.05 bits per heavy atom. The molecule has 0 aromatic heterocycles. The average Bonchev–Trinajstić information content (AvgIpc) is 2.37. The Morgan fingerprint density at radius 3 is 2.59 bits per heavy atom. The van der Waals surface area contributed by atoms with Crippen LogP contribution in [0, 0.1) is 5.41 Å². The summed E-state index contributed by atoms with van der Waals surface area (Å²) < 4.78 is 1.08. The van der Waals surface area contributed by atoms with Crippen LogP contribution < -0.4 is 0 Å². The van der Waals surface area contributed by atoms with Gasteiger partial charge in [-0.05, 0) is 30.0 Å². The lowest BCUT2D eigenvalue weighted by molar-refractivity contribution is -0.0462. The molecule has 0 spiro atoms. The van der Waals surface area contributed by atoms with Crippen molar-refractivity contribution in [1.29, 1.82) is 0 Å². The first kappa shape index (κ1) is 17.3. The van der Waals surface area contributed by atoms with Gasteiger partial charge in [-0.15, -0.1) is 0 Å². The summed E-state index contributed by atoms with van der Waals surface area (Å²) in [5.74, 6) is 0. The summed E-state index contributed by atoms with van der Waals surface area (Å²) in [5.41, 5.74) is 0.721. The van der Waals surface area contributed by atoms with Gasteiger partial charge in [0.2, 0.25) is 0 Å². The zero-order valence-corrected chi connectivity index (χ0v) is 15.4. The minimum absolute atomic E-state index is 0.124. The summed E-state index contributed by atoms with van der Waals surface area (Å²) in [6, 6.07) is 8.29. The lowest BCUT2D eigenvalue weighted by Gasteiger charge is -2.54. The number of hydrogen-bond donors (Lipinski definition) is 1. The maximum Gasteiger partial charge on any atom is 0.407 e. The predicted molar refractivity (Wildman–Crippen MR) is 92.0 cm³/mol. The van der Waals surface area contributed by atoms with E-state index in [9.17, 15) is 9.90 Å². The third-order valence-corrected chi connectivity index (χ3v) is 5.40. The van der Waals surface area contributed by atoms with E-state index in [1.54, 1.807) is 4.90 Å². The van der Waals surface area contributed by atoms with Gasteiger partial charge in [0, 0.05) is 30.7 Å². The molecule has 1 saturated heterocycles. The van der Waals surface area contributed by atoms with Gasteiger partial charge in [0.05, 0.1) is 5.54 Å². The second-order valence-corrected chi connectivity index (χ2v) is 8.21. The standard InChI is InChI=1S/C17H25BrN2O2/c1-16(2,3)17(4)12-19(8-9-20(17)15(21)22)11-13-6-5-7-14(18)10-13/h5-7,10H,8-9,11-12H2,1-4H3,(H,21,22)/t17-/m1/s1. The van der Waals surface area contributed by atoms with Crippen LogP contribution in [-0.2, 0) is 6.54 Å². The fourth-order valence-corrected chi connectivity index (χ4v) is 3.51. The minimum Gasteiger partial charge on any atom is -0.465 e. The van der Waals surface area contributed by atoms with Gasteiger partial charge in [-0.3, -0.25) is 9.80 Å². The Morgan fingerprint density at radius 1 is 1.36 bits per heavy atom. The number of carboxylic acid groups (broad SMARTS) is 1. The Labute approximate surface area is 141 Å². The van der Waals surface area contributed by atoms with Gasteiger partial charge in [-0.1, -0.05) is 48.8 Å². The van der Waals surface area contributed by atoms with Crippen molar-refractivity contribution < 1.29 is 9.90 Å². The molecule has 0 saturated carbocycles. The van der Waals surface area contributed by atoms with Crippen molar-refractivity contribution in [2.75, 3.05) is 19.6 Å². The van der Waals surface area contributed by atoms with E-state index >= 15 is 0 Å². The molecule has 1 fully saturated rings. The summed E-state index contributed by atoms with van der Waals surface area (Å²) in [6.45, 7) is 11.3. The zero-order valence-electron chi connectivity index (χ0n) is 13.8. The Balaban J connectivity index is 2.19. The van der Waals surface area contributed by atoms with Crippen LogP contribution in [0.3, 0.4) is 0 Å². The SMILES string of the molecule is CC(C)(C)[C@@]1(C)CN(Cc2cccc(Br)c2)CCN1C(=O)O. The van der Waals surface area contributed by atoms with E-state index in [1.807, 2.05) is 12.1 Å². The number of halogens is 1. The molecule has 0 aliphatic carbocycles. The van der Waals surface area contributed by atoms with Gasteiger partial charge >= 0.3 is 6.09 Å². The zero-order chi connectivity index (χ0) is 16.5. The highest BCUT2D eigenvalue weighted by atomic mass is 79.9. The summed E-state index contributed by atoms with van der Waals surface area (Å²) in [7, 11) is 0. The van der Waals surface area contributed by atoms with Crippen molar-refractivity contribution in [2.45, 2.75) is 39.8 Å². The highest BCUT2D eigenvalue weighted by Gasteiger charge is 2.48. The monoisotopic (exact) mass is 368 g/mol. The molecule has 5 heteroatoms. The molecule has 1 aromatic carbocycles. The number of amides is 1. The molecule has 0 bridgehead atoms. The van der Waals surface area contributed by atoms with E-state index in [0.29, 0.717) is 6.54 Å². The van der Waals surface area contributed by atoms with Gasteiger partial charge in [-0.25, -0.2) is 4.79 Å². The Bertz CT molecular complexity index is 556. The van der Waals surface area contributed by atoms with Crippen LogP contribution in [0.5, 0.6) is 0 Å². The molecule has 4 nitrogen and oxygen atoms in total. The molecular formula is C17H25BrN2O2. The summed E-state index contributed by atoms with van der Waals surface area (Å²) in [5, 5.41) is 9.55. The largest absolute Gasteiger partial charge is 0.465 e. The second kappa shape index (κ2) is 6.20. The van der Waals surface area contributed by atoms with Gasteiger partial charge in [-0.2, -0.15) is 0 Å². The van der Waals surface area contributed by atoms with Crippen molar-refractivity contribution in [3.05, 3.63) is 34.3 Å². The van der Waals surface area contributed by atoms with Crippen LogP contribution in [0.1, 0.15) is 33.3 Å². The molecule has 22 heavy (non-hydrogen) atoms. The molecule has 1 atom stereocenters. The van der Waals surface area contributed by atoms with Crippen molar-refractivity contribution in [3.63, 3.8) is 0 Å². The van der Waals surface area contributed by atoms with Crippen molar-refractivity contribution >= 4 is 22.0 Å². The van der Waals surface area contributed by atoms with E-state index in [-0.39, 0.29) is 5.41 Å². The lowest BCUT2D eigenvalue weighted by atomic mass is 9.72. The molecule has 1 aromatic rings. The van der Waals surface area contributed by atoms with Crippen molar-refractivity contribution in [3.8, 4) is 0 Å². The fourth-order valence-electron chi connectivity index (χ4n) is 3.07. The van der Waals surface area contributed by atoms with Crippen molar-refractivity contribution in [2.24, 2.45) is 5.41 Å². The first-order valence-electron chi connectivity index (χ1n) is 7.61. The first-order chi connectivity index (χ1) is 10.1. The molecule has 1 N–H and O–H groups in total. The molecule has 2 rings (SSSR count). The third kappa shape index (κ3) is 3.46. The molecule has 1 aliphatic rings. The van der Waals surface area contributed by atoms with E-state index in [1.165, 1.54) is 5.56 Å². The van der Waals surface area contributed by atoms with Crippen LogP contribution in [0.4, 0.5) is 4.79 Å². The Hall–Kier alpha value is -1.07. The van der Waals surface area contributed by atoms with E-state index in [2.05, 4.69) is 60.7 Å². The third-order valence-electron chi connectivity index (χ3n) is 4.91. The predicted octanol–water partition coefficient (Wildman–Crippen LogP) is 4.05. The van der Waals surface area contributed by atoms with Gasteiger partial charge < -0.3 is 5.11 Å². The molecule has 0 radical (unpaired) electrons.